The average Bonchev–Trinajstić information content (AvgIpc) is 3.83. The van der Waals surface area contributed by atoms with Crippen LogP contribution in [0.1, 0.15) is 11.4 Å². The zero-order valence-corrected chi connectivity index (χ0v) is 30.9. The Labute approximate surface area is 329 Å². The maximum Gasteiger partial charge on any atom is 0.163 e. The third kappa shape index (κ3) is 5.76. The molecule has 5 heteroatoms. The Morgan fingerprint density at radius 1 is 0.404 bits per heavy atom. The summed E-state index contributed by atoms with van der Waals surface area (Å²) in [6, 6.07) is 67.8. The van der Waals surface area contributed by atoms with E-state index in [1.54, 1.807) is 0 Å². The fourth-order valence-corrected chi connectivity index (χ4v) is 8.27. The van der Waals surface area contributed by atoms with Crippen molar-refractivity contribution in [2.75, 3.05) is 0 Å². The minimum absolute atomic E-state index is 0.512. The Hall–Kier alpha value is -7.63. The van der Waals surface area contributed by atoms with Crippen LogP contribution in [-0.2, 0) is 6.42 Å². The predicted molar refractivity (Wildman–Crippen MR) is 232 cm³/mol. The summed E-state index contributed by atoms with van der Waals surface area (Å²) in [5.74, 6) is 2.01. The monoisotopic (exact) mass is 730 g/mol. The van der Waals surface area contributed by atoms with E-state index >= 15 is 0 Å². The molecule has 0 spiro atoms. The number of hydrogen-bond acceptors (Lipinski definition) is 4. The van der Waals surface area contributed by atoms with E-state index in [9.17, 15) is 0 Å². The molecule has 0 radical (unpaired) electrons. The van der Waals surface area contributed by atoms with E-state index in [0.29, 0.717) is 23.9 Å². The Morgan fingerprint density at radius 2 is 1.04 bits per heavy atom. The molecule has 57 heavy (non-hydrogen) atoms. The van der Waals surface area contributed by atoms with Crippen molar-refractivity contribution in [1.29, 1.82) is 0 Å². The van der Waals surface area contributed by atoms with Gasteiger partial charge in [-0.05, 0) is 64.2 Å². The van der Waals surface area contributed by atoms with E-state index in [-0.39, 0.29) is 0 Å². The van der Waals surface area contributed by atoms with Gasteiger partial charge in [0.05, 0.1) is 11.0 Å². The maximum atomic E-state index is 6.29. The van der Waals surface area contributed by atoms with Crippen LogP contribution in [0.2, 0.25) is 0 Å². The molecule has 8 aromatic carbocycles. The van der Waals surface area contributed by atoms with Gasteiger partial charge in [0.1, 0.15) is 17.0 Å². The highest BCUT2D eigenvalue weighted by molar-refractivity contribution is 6.14. The topological polar surface area (TPSA) is 56.7 Å². The molecule has 0 unspecified atom stereocenters. The lowest BCUT2D eigenvalue weighted by Crippen LogP contribution is -2.06. The third-order valence-corrected chi connectivity index (χ3v) is 10.9. The van der Waals surface area contributed by atoms with Crippen LogP contribution >= 0.6 is 0 Å². The van der Waals surface area contributed by atoms with Crippen LogP contribution in [0.15, 0.2) is 199 Å². The lowest BCUT2D eigenvalue weighted by atomic mass is 9.98. The molecule has 0 N–H and O–H groups in total. The quantitative estimate of drug-likeness (QED) is 0.164. The van der Waals surface area contributed by atoms with E-state index in [1.165, 1.54) is 10.8 Å². The summed E-state index contributed by atoms with van der Waals surface area (Å²) in [7, 11) is 0. The molecule has 0 aliphatic rings. The average molecular weight is 731 g/mol. The molecule has 0 amide bonds. The Bertz CT molecular complexity index is 3270. The Kier molecular flexibility index (Phi) is 7.81. The maximum absolute atomic E-state index is 6.29. The summed E-state index contributed by atoms with van der Waals surface area (Å²) in [6.07, 6.45) is 0.512. The van der Waals surface area contributed by atoms with Crippen molar-refractivity contribution in [3.8, 4) is 50.7 Å². The highest BCUT2D eigenvalue weighted by Crippen LogP contribution is 2.40. The zero-order valence-electron chi connectivity index (χ0n) is 30.9. The molecule has 3 heterocycles. The first kappa shape index (κ1) is 32.8. The van der Waals surface area contributed by atoms with Crippen LogP contribution in [0.4, 0.5) is 0 Å². The predicted octanol–water partition coefficient (Wildman–Crippen LogP) is 13.1. The molecule has 0 aliphatic heterocycles. The molecule has 0 fully saturated rings. The van der Waals surface area contributed by atoms with E-state index in [4.69, 9.17) is 19.4 Å². The fourth-order valence-electron chi connectivity index (χ4n) is 8.27. The van der Waals surface area contributed by atoms with Gasteiger partial charge < -0.3 is 8.98 Å². The van der Waals surface area contributed by atoms with Crippen molar-refractivity contribution >= 4 is 43.7 Å². The SMILES string of the molecule is c1ccc(-c2cccc(-c3nc(Cc4ccccc4-n4c5ccccc5c5ccc(-c6cccc7oc8ccccc8c67)cc54)nc(-c4ccccc4)n3)c2)cc1. The molecule has 0 bridgehead atoms. The first-order valence-corrected chi connectivity index (χ1v) is 19.2. The second-order valence-electron chi connectivity index (χ2n) is 14.4. The van der Waals surface area contributed by atoms with E-state index in [2.05, 4.69) is 162 Å². The highest BCUT2D eigenvalue weighted by Gasteiger charge is 2.19. The van der Waals surface area contributed by atoms with Gasteiger partial charge >= 0.3 is 0 Å². The zero-order chi connectivity index (χ0) is 37.7. The second kappa shape index (κ2) is 13.6. The first-order chi connectivity index (χ1) is 28.2. The number of hydrogen-bond donors (Lipinski definition) is 0. The number of para-hydroxylation sites is 3. The largest absolute Gasteiger partial charge is 0.456 e. The van der Waals surface area contributed by atoms with Gasteiger partial charge in [0.15, 0.2) is 11.6 Å². The molecule has 0 aliphatic carbocycles. The van der Waals surface area contributed by atoms with Crippen LogP contribution in [0, 0.1) is 0 Å². The van der Waals surface area contributed by atoms with Gasteiger partial charge in [0.2, 0.25) is 0 Å². The molecule has 11 rings (SSSR count). The van der Waals surface area contributed by atoms with Crippen molar-refractivity contribution in [3.63, 3.8) is 0 Å². The number of benzene rings is 8. The van der Waals surface area contributed by atoms with Crippen molar-refractivity contribution in [1.82, 2.24) is 19.5 Å². The summed E-state index contributed by atoms with van der Waals surface area (Å²) < 4.78 is 8.70. The second-order valence-corrected chi connectivity index (χ2v) is 14.4. The van der Waals surface area contributed by atoms with Gasteiger partial charge in [-0.3, -0.25) is 0 Å². The van der Waals surface area contributed by atoms with Crippen LogP contribution in [0.25, 0.3) is 94.5 Å². The van der Waals surface area contributed by atoms with Gasteiger partial charge in [-0.2, -0.15) is 0 Å². The molecule has 11 aromatic rings. The standard InChI is InChI=1S/C52H34N4O/c1-3-15-34(16-4-1)36-20-13-21-39(31-36)52-54-49(53-51(55-52)35-17-5-2-6-18-35)33-38-19-7-10-25-44(38)56-45-26-11-8-22-41(45)42-30-29-37(32-46(42)56)40-24-14-28-48-50(40)43-23-9-12-27-47(43)57-48/h1-32H,33H2. The van der Waals surface area contributed by atoms with Gasteiger partial charge in [-0.25, -0.2) is 15.0 Å². The molecule has 0 saturated heterocycles. The lowest BCUT2D eigenvalue weighted by Gasteiger charge is -2.15. The number of rotatable bonds is 7. The minimum Gasteiger partial charge on any atom is -0.456 e. The molecule has 268 valence electrons. The fraction of sp³-hybridized carbons (Fsp3) is 0.0192. The Balaban J connectivity index is 1.07. The molecule has 0 atom stereocenters. The molecule has 0 saturated carbocycles. The third-order valence-electron chi connectivity index (χ3n) is 10.9. The van der Waals surface area contributed by atoms with Gasteiger partial charge in [-0.1, -0.05) is 158 Å². The van der Waals surface area contributed by atoms with E-state index in [0.717, 1.165) is 77.6 Å². The van der Waals surface area contributed by atoms with Crippen LogP contribution in [0.3, 0.4) is 0 Å². The Morgan fingerprint density at radius 3 is 1.89 bits per heavy atom. The minimum atomic E-state index is 0.512. The smallest absolute Gasteiger partial charge is 0.163 e. The normalized spacial score (nSPS) is 11.6. The first-order valence-electron chi connectivity index (χ1n) is 19.2. The number of fused-ring (bicyclic) bond motifs is 6. The van der Waals surface area contributed by atoms with Crippen LogP contribution < -0.4 is 0 Å². The van der Waals surface area contributed by atoms with Crippen molar-refractivity contribution in [2.45, 2.75) is 6.42 Å². The van der Waals surface area contributed by atoms with Gasteiger partial charge in [0, 0.05) is 44.8 Å². The van der Waals surface area contributed by atoms with E-state index in [1.807, 2.05) is 36.4 Å². The number of aromatic nitrogens is 4. The summed E-state index contributed by atoms with van der Waals surface area (Å²) >= 11 is 0. The highest BCUT2D eigenvalue weighted by atomic mass is 16.3. The lowest BCUT2D eigenvalue weighted by molar-refractivity contribution is 0.669. The van der Waals surface area contributed by atoms with Crippen LogP contribution in [0.5, 0.6) is 0 Å². The van der Waals surface area contributed by atoms with Crippen molar-refractivity contribution in [3.05, 3.63) is 206 Å². The molecule has 5 nitrogen and oxygen atoms in total. The van der Waals surface area contributed by atoms with Crippen LogP contribution in [-0.4, -0.2) is 19.5 Å². The number of furan rings is 1. The molecular weight excluding hydrogens is 697 g/mol. The summed E-state index contributed by atoms with van der Waals surface area (Å²) in [5, 5.41) is 4.64. The van der Waals surface area contributed by atoms with Gasteiger partial charge in [-0.15, -0.1) is 0 Å². The summed E-state index contributed by atoms with van der Waals surface area (Å²) in [6.45, 7) is 0. The summed E-state index contributed by atoms with van der Waals surface area (Å²) in [5.41, 5.74) is 12.7. The molecule has 3 aromatic heterocycles. The van der Waals surface area contributed by atoms with E-state index < -0.39 is 0 Å². The van der Waals surface area contributed by atoms with Crippen molar-refractivity contribution < 1.29 is 4.42 Å². The summed E-state index contributed by atoms with van der Waals surface area (Å²) in [4.78, 5) is 15.3. The molecular formula is C52H34N4O. The van der Waals surface area contributed by atoms with Gasteiger partial charge in [0.25, 0.3) is 0 Å². The van der Waals surface area contributed by atoms with Crippen molar-refractivity contribution in [2.24, 2.45) is 0 Å². The number of nitrogens with zero attached hydrogens (tertiary/aromatic N) is 4.